The molecule has 1 rings (SSSR count). The van der Waals surface area contributed by atoms with Gasteiger partial charge in [-0.1, -0.05) is 26.7 Å². The van der Waals surface area contributed by atoms with Crippen molar-refractivity contribution in [1.82, 2.24) is 5.32 Å². The van der Waals surface area contributed by atoms with Gasteiger partial charge in [0.25, 0.3) is 0 Å². The van der Waals surface area contributed by atoms with E-state index in [1.807, 2.05) is 0 Å². The van der Waals surface area contributed by atoms with E-state index in [1.165, 1.54) is 37.2 Å². The number of thioether (sulfide) groups is 1. The van der Waals surface area contributed by atoms with E-state index in [1.54, 1.807) is 0 Å². The third-order valence-electron chi connectivity index (χ3n) is 2.94. The second-order valence-corrected chi connectivity index (χ2v) is 5.19. The molecule has 13 heavy (non-hydrogen) atoms. The molecule has 78 valence electrons. The summed E-state index contributed by atoms with van der Waals surface area (Å²) in [6.07, 6.45) is 5.84. The molecule has 1 fully saturated rings. The Balaban J connectivity index is 2.26. The Bertz CT molecular complexity index is 121. The van der Waals surface area contributed by atoms with E-state index in [0.717, 1.165) is 18.5 Å². The Morgan fingerprint density at radius 2 is 2.00 bits per heavy atom. The van der Waals surface area contributed by atoms with Crippen LogP contribution in [0.15, 0.2) is 0 Å². The lowest BCUT2D eigenvalue weighted by Gasteiger charge is -2.23. The first-order chi connectivity index (χ1) is 6.38. The molecule has 1 nitrogen and oxygen atoms in total. The first-order valence-corrected chi connectivity index (χ1v) is 6.85. The molecule has 0 amide bonds. The molecule has 0 aromatic heterocycles. The zero-order valence-electron chi connectivity index (χ0n) is 9.01. The molecule has 0 radical (unpaired) electrons. The average molecular weight is 201 g/mol. The zero-order chi connectivity index (χ0) is 9.52. The van der Waals surface area contributed by atoms with E-state index in [-0.39, 0.29) is 0 Å². The van der Waals surface area contributed by atoms with Gasteiger partial charge in [0.2, 0.25) is 0 Å². The van der Waals surface area contributed by atoms with Crippen LogP contribution in [0, 0.1) is 5.92 Å². The lowest BCUT2D eigenvalue weighted by Crippen LogP contribution is -2.37. The van der Waals surface area contributed by atoms with Crippen LogP contribution in [-0.2, 0) is 0 Å². The summed E-state index contributed by atoms with van der Waals surface area (Å²) >= 11 is 2.08. The van der Waals surface area contributed by atoms with Crippen molar-refractivity contribution in [3.05, 3.63) is 0 Å². The summed E-state index contributed by atoms with van der Waals surface area (Å²) in [6.45, 7) is 5.60. The summed E-state index contributed by atoms with van der Waals surface area (Å²) in [6, 6.07) is 0.789. The summed E-state index contributed by atoms with van der Waals surface area (Å²) in [5.41, 5.74) is 0. The minimum Gasteiger partial charge on any atom is -0.313 e. The molecule has 1 aliphatic rings. The molecule has 2 heteroatoms. The Kier molecular flexibility index (Phi) is 5.88. The maximum atomic E-state index is 3.64. The van der Waals surface area contributed by atoms with Crippen LogP contribution >= 0.6 is 11.8 Å². The number of hydrogen-bond donors (Lipinski definition) is 1. The van der Waals surface area contributed by atoms with Crippen LogP contribution in [0.25, 0.3) is 0 Å². The van der Waals surface area contributed by atoms with Gasteiger partial charge in [0.1, 0.15) is 0 Å². The van der Waals surface area contributed by atoms with Crippen molar-refractivity contribution in [2.75, 3.05) is 18.1 Å². The summed E-state index contributed by atoms with van der Waals surface area (Å²) < 4.78 is 0. The third-order valence-corrected chi connectivity index (χ3v) is 3.94. The van der Waals surface area contributed by atoms with Crippen molar-refractivity contribution in [1.29, 1.82) is 0 Å². The Morgan fingerprint density at radius 1 is 1.31 bits per heavy atom. The Morgan fingerprint density at radius 3 is 2.54 bits per heavy atom. The fraction of sp³-hybridized carbons (Fsp3) is 1.00. The van der Waals surface area contributed by atoms with Gasteiger partial charge in [0.05, 0.1) is 0 Å². The van der Waals surface area contributed by atoms with E-state index in [4.69, 9.17) is 0 Å². The van der Waals surface area contributed by atoms with Crippen LogP contribution in [0.1, 0.15) is 39.5 Å². The van der Waals surface area contributed by atoms with Crippen molar-refractivity contribution in [2.45, 2.75) is 45.6 Å². The number of nitrogens with one attached hydrogen (secondary N) is 1. The van der Waals surface area contributed by atoms with Crippen molar-refractivity contribution in [2.24, 2.45) is 5.92 Å². The first kappa shape index (κ1) is 11.4. The van der Waals surface area contributed by atoms with Crippen molar-refractivity contribution in [3.8, 4) is 0 Å². The van der Waals surface area contributed by atoms with Gasteiger partial charge in [0.15, 0.2) is 0 Å². The molecule has 1 atom stereocenters. The first-order valence-electron chi connectivity index (χ1n) is 5.69. The standard InChI is InChI=1S/C11H23NS/c1-3-12-11(9-13-4-2)10-7-5-6-8-10/h10-12H,3-9H2,1-2H3. The normalized spacial score (nSPS) is 20.8. The smallest absolute Gasteiger partial charge is 0.0186 e. The van der Waals surface area contributed by atoms with Gasteiger partial charge < -0.3 is 5.32 Å². The van der Waals surface area contributed by atoms with E-state index >= 15 is 0 Å². The molecule has 0 saturated heterocycles. The highest BCUT2D eigenvalue weighted by atomic mass is 32.2. The van der Waals surface area contributed by atoms with Gasteiger partial charge in [-0.25, -0.2) is 0 Å². The topological polar surface area (TPSA) is 12.0 Å². The molecule has 1 saturated carbocycles. The van der Waals surface area contributed by atoms with E-state index in [0.29, 0.717) is 0 Å². The van der Waals surface area contributed by atoms with Gasteiger partial charge in [-0.2, -0.15) is 11.8 Å². The maximum absolute atomic E-state index is 3.64. The second kappa shape index (κ2) is 6.72. The van der Waals surface area contributed by atoms with Gasteiger partial charge in [-0.15, -0.1) is 0 Å². The van der Waals surface area contributed by atoms with E-state index < -0.39 is 0 Å². The monoisotopic (exact) mass is 201 g/mol. The molecule has 0 spiro atoms. The molecule has 1 N–H and O–H groups in total. The van der Waals surface area contributed by atoms with Crippen LogP contribution < -0.4 is 5.32 Å². The van der Waals surface area contributed by atoms with Gasteiger partial charge in [-0.3, -0.25) is 0 Å². The van der Waals surface area contributed by atoms with Crippen molar-refractivity contribution < 1.29 is 0 Å². The lowest BCUT2D eigenvalue weighted by molar-refractivity contribution is 0.394. The Hall–Kier alpha value is 0.310. The molecule has 1 aliphatic carbocycles. The average Bonchev–Trinajstić information content (AvgIpc) is 2.65. The highest BCUT2D eigenvalue weighted by Crippen LogP contribution is 2.29. The zero-order valence-corrected chi connectivity index (χ0v) is 9.83. The Labute approximate surface area is 87.1 Å². The SMILES string of the molecule is CCNC(CSCC)C1CCCC1. The largest absolute Gasteiger partial charge is 0.313 e. The molecule has 0 aliphatic heterocycles. The summed E-state index contributed by atoms with van der Waals surface area (Å²) in [7, 11) is 0. The van der Waals surface area contributed by atoms with Crippen molar-refractivity contribution >= 4 is 11.8 Å². The van der Waals surface area contributed by atoms with E-state index in [2.05, 4.69) is 30.9 Å². The quantitative estimate of drug-likeness (QED) is 0.709. The van der Waals surface area contributed by atoms with Gasteiger partial charge in [-0.05, 0) is 31.1 Å². The van der Waals surface area contributed by atoms with Crippen LogP contribution in [0.2, 0.25) is 0 Å². The molecule has 0 bridgehead atoms. The molecule has 1 unspecified atom stereocenters. The van der Waals surface area contributed by atoms with Gasteiger partial charge >= 0.3 is 0 Å². The highest BCUT2D eigenvalue weighted by molar-refractivity contribution is 7.99. The van der Waals surface area contributed by atoms with Crippen LogP contribution in [0.4, 0.5) is 0 Å². The van der Waals surface area contributed by atoms with Crippen LogP contribution in [0.5, 0.6) is 0 Å². The fourth-order valence-electron chi connectivity index (χ4n) is 2.23. The van der Waals surface area contributed by atoms with Crippen LogP contribution in [-0.4, -0.2) is 24.1 Å². The summed E-state index contributed by atoms with van der Waals surface area (Å²) in [5, 5.41) is 3.64. The third kappa shape index (κ3) is 3.90. The lowest BCUT2D eigenvalue weighted by atomic mass is 10.00. The molecular weight excluding hydrogens is 178 g/mol. The van der Waals surface area contributed by atoms with E-state index in [9.17, 15) is 0 Å². The molecular formula is C11H23NS. The van der Waals surface area contributed by atoms with Crippen LogP contribution in [0.3, 0.4) is 0 Å². The number of rotatable bonds is 6. The molecule has 0 aromatic carbocycles. The maximum Gasteiger partial charge on any atom is 0.0186 e. The summed E-state index contributed by atoms with van der Waals surface area (Å²) in [5.74, 6) is 3.54. The minimum atomic E-state index is 0.789. The highest BCUT2D eigenvalue weighted by Gasteiger charge is 2.23. The van der Waals surface area contributed by atoms with Gasteiger partial charge in [0, 0.05) is 11.8 Å². The summed E-state index contributed by atoms with van der Waals surface area (Å²) in [4.78, 5) is 0. The molecule has 0 aromatic rings. The number of hydrogen-bond acceptors (Lipinski definition) is 2. The van der Waals surface area contributed by atoms with Crippen molar-refractivity contribution in [3.63, 3.8) is 0 Å². The molecule has 0 heterocycles. The predicted octanol–water partition coefficient (Wildman–Crippen LogP) is 2.91. The second-order valence-electron chi connectivity index (χ2n) is 3.87. The fourth-order valence-corrected chi connectivity index (χ4v) is 3.11. The minimum absolute atomic E-state index is 0.789. The predicted molar refractivity (Wildman–Crippen MR) is 62.4 cm³/mol.